The van der Waals surface area contributed by atoms with Gasteiger partial charge in [-0.1, -0.05) is 0 Å². The normalized spacial score (nSPS) is 13.0. The van der Waals surface area contributed by atoms with Gasteiger partial charge in [-0.3, -0.25) is 0 Å². The molecule has 1 atom stereocenters. The molecule has 2 N–H and O–H groups in total. The van der Waals surface area contributed by atoms with Crippen molar-refractivity contribution in [2.45, 2.75) is 19.6 Å². The van der Waals surface area contributed by atoms with E-state index in [-0.39, 0.29) is 11.3 Å². The van der Waals surface area contributed by atoms with Crippen LogP contribution in [-0.2, 0) is 0 Å². The molecular weight excluding hydrogens is 195 g/mol. The Morgan fingerprint density at radius 2 is 2.00 bits per heavy atom. The van der Waals surface area contributed by atoms with E-state index in [1.54, 1.807) is 6.92 Å². The fourth-order valence-corrected chi connectivity index (χ4v) is 1.05. The van der Waals surface area contributed by atoms with E-state index in [0.29, 0.717) is 0 Å². The smallest absolute Gasteiger partial charge is 0.387 e. The molecule has 5 heteroatoms. The summed E-state index contributed by atoms with van der Waals surface area (Å²) in [6.07, 6.45) is 0. The van der Waals surface area contributed by atoms with Crippen LogP contribution in [0.3, 0.4) is 0 Å². The topological polar surface area (TPSA) is 35.2 Å². The van der Waals surface area contributed by atoms with Crippen LogP contribution in [0.1, 0.15) is 18.5 Å². The Hall–Kier alpha value is -1.23. The molecule has 0 aliphatic heterocycles. The maximum atomic E-state index is 13.0. The molecule has 78 valence electrons. The number of nitrogens with two attached hydrogens (primary N) is 1. The number of hydrogen-bond acceptors (Lipinski definition) is 2. The Balaban J connectivity index is 2.94. The van der Waals surface area contributed by atoms with Crippen molar-refractivity contribution >= 4 is 0 Å². The van der Waals surface area contributed by atoms with Gasteiger partial charge in [-0.05, 0) is 25.1 Å². The van der Waals surface area contributed by atoms with Crippen molar-refractivity contribution in [1.29, 1.82) is 0 Å². The van der Waals surface area contributed by atoms with Gasteiger partial charge >= 0.3 is 6.61 Å². The lowest BCUT2D eigenvalue weighted by atomic mass is 10.1. The van der Waals surface area contributed by atoms with Crippen LogP contribution in [0.2, 0.25) is 0 Å². The molecule has 0 fully saturated rings. The Labute approximate surface area is 79.5 Å². The summed E-state index contributed by atoms with van der Waals surface area (Å²) in [6, 6.07) is 2.80. The lowest BCUT2D eigenvalue weighted by molar-refractivity contribution is -0.0499. The Morgan fingerprint density at radius 1 is 1.36 bits per heavy atom. The van der Waals surface area contributed by atoms with E-state index >= 15 is 0 Å². The van der Waals surface area contributed by atoms with E-state index in [9.17, 15) is 13.2 Å². The minimum absolute atomic E-state index is 0.0892. The largest absolute Gasteiger partial charge is 0.435 e. The molecule has 0 saturated carbocycles. The van der Waals surface area contributed by atoms with Crippen LogP contribution in [0, 0.1) is 5.82 Å². The van der Waals surface area contributed by atoms with Gasteiger partial charge in [0.05, 0.1) is 0 Å². The highest BCUT2D eigenvalue weighted by atomic mass is 19.3. The molecule has 0 spiro atoms. The molecule has 0 saturated heterocycles. The summed E-state index contributed by atoms with van der Waals surface area (Å²) in [7, 11) is 0. The molecule has 0 aromatic heterocycles. The molecule has 2 nitrogen and oxygen atoms in total. The molecule has 0 unspecified atom stereocenters. The van der Waals surface area contributed by atoms with Gasteiger partial charge in [-0.15, -0.1) is 0 Å². The zero-order valence-electron chi connectivity index (χ0n) is 7.51. The molecule has 1 aromatic carbocycles. The third-order valence-electron chi connectivity index (χ3n) is 1.68. The Kier molecular flexibility index (Phi) is 3.35. The molecule has 14 heavy (non-hydrogen) atoms. The second kappa shape index (κ2) is 4.32. The van der Waals surface area contributed by atoms with Crippen LogP contribution < -0.4 is 10.5 Å². The molecule has 0 aliphatic carbocycles. The molecule has 0 heterocycles. The first kappa shape index (κ1) is 10.8. The fraction of sp³-hybridized carbons (Fsp3) is 0.333. The number of hydrogen-bond donors (Lipinski definition) is 1. The number of rotatable bonds is 3. The molecule has 0 amide bonds. The van der Waals surface area contributed by atoms with E-state index in [2.05, 4.69) is 4.74 Å². The number of halogens is 3. The van der Waals surface area contributed by atoms with Crippen LogP contribution in [0.5, 0.6) is 5.75 Å². The zero-order chi connectivity index (χ0) is 10.7. The van der Waals surface area contributed by atoms with Gasteiger partial charge in [0.1, 0.15) is 11.6 Å². The van der Waals surface area contributed by atoms with Crippen molar-refractivity contribution in [3.8, 4) is 5.75 Å². The summed E-state index contributed by atoms with van der Waals surface area (Å²) in [5.74, 6) is -0.615. The predicted molar refractivity (Wildman–Crippen MR) is 45.6 cm³/mol. The minimum Gasteiger partial charge on any atom is -0.435 e. The third-order valence-corrected chi connectivity index (χ3v) is 1.68. The Bertz CT molecular complexity index is 315. The first-order valence-electron chi connectivity index (χ1n) is 4.00. The summed E-state index contributed by atoms with van der Waals surface area (Å²) < 4.78 is 40.8. The minimum atomic E-state index is -2.92. The average Bonchev–Trinajstić information content (AvgIpc) is 2.07. The molecule has 1 rings (SSSR count). The number of alkyl halides is 2. The quantitative estimate of drug-likeness (QED) is 0.822. The molecule has 0 radical (unpaired) electrons. The van der Waals surface area contributed by atoms with Gasteiger partial charge in [0.15, 0.2) is 0 Å². The zero-order valence-corrected chi connectivity index (χ0v) is 7.51. The maximum Gasteiger partial charge on any atom is 0.387 e. The van der Waals surface area contributed by atoms with Crippen LogP contribution in [0.25, 0.3) is 0 Å². The number of benzene rings is 1. The van der Waals surface area contributed by atoms with Crippen molar-refractivity contribution in [3.05, 3.63) is 29.6 Å². The molecule has 0 aliphatic rings. The van der Waals surface area contributed by atoms with E-state index < -0.39 is 18.5 Å². The standard InChI is InChI=1S/C9H10F3NO/c1-5(13)7-4-6(14-9(11)12)2-3-8(7)10/h2-5,9H,13H2,1H3/t5-/m0/s1. The van der Waals surface area contributed by atoms with E-state index in [1.165, 1.54) is 6.07 Å². The SMILES string of the molecule is C[C@H](N)c1cc(OC(F)F)ccc1F. The summed E-state index contributed by atoms with van der Waals surface area (Å²) in [5.41, 5.74) is 5.59. The lowest BCUT2D eigenvalue weighted by Gasteiger charge is -2.10. The lowest BCUT2D eigenvalue weighted by Crippen LogP contribution is -2.09. The van der Waals surface area contributed by atoms with Crippen LogP contribution in [-0.4, -0.2) is 6.61 Å². The highest BCUT2D eigenvalue weighted by Gasteiger charge is 2.10. The van der Waals surface area contributed by atoms with Crippen molar-refractivity contribution in [1.82, 2.24) is 0 Å². The van der Waals surface area contributed by atoms with Crippen LogP contribution >= 0.6 is 0 Å². The summed E-state index contributed by atoms with van der Waals surface area (Å²) in [6.45, 7) is -1.36. The average molecular weight is 205 g/mol. The molecule has 0 bridgehead atoms. The Morgan fingerprint density at radius 3 is 2.50 bits per heavy atom. The van der Waals surface area contributed by atoms with Crippen LogP contribution in [0.15, 0.2) is 18.2 Å². The van der Waals surface area contributed by atoms with Gasteiger partial charge in [0.2, 0.25) is 0 Å². The molecular formula is C9H10F3NO. The second-order valence-corrected chi connectivity index (χ2v) is 2.85. The predicted octanol–water partition coefficient (Wildman–Crippen LogP) is 2.45. The summed E-state index contributed by atoms with van der Waals surface area (Å²) in [4.78, 5) is 0. The van der Waals surface area contributed by atoms with Gasteiger partial charge in [0, 0.05) is 11.6 Å². The summed E-state index contributed by atoms with van der Waals surface area (Å²) in [5, 5.41) is 0. The van der Waals surface area contributed by atoms with Gasteiger partial charge in [-0.2, -0.15) is 8.78 Å². The monoisotopic (exact) mass is 205 g/mol. The van der Waals surface area contributed by atoms with Gasteiger partial charge in [-0.25, -0.2) is 4.39 Å². The highest BCUT2D eigenvalue weighted by molar-refractivity contribution is 5.31. The van der Waals surface area contributed by atoms with Crippen molar-refractivity contribution in [2.75, 3.05) is 0 Å². The van der Waals surface area contributed by atoms with E-state index in [4.69, 9.17) is 5.73 Å². The van der Waals surface area contributed by atoms with Crippen molar-refractivity contribution in [3.63, 3.8) is 0 Å². The van der Waals surface area contributed by atoms with Crippen LogP contribution in [0.4, 0.5) is 13.2 Å². The first-order valence-corrected chi connectivity index (χ1v) is 4.00. The summed E-state index contributed by atoms with van der Waals surface area (Å²) >= 11 is 0. The first-order chi connectivity index (χ1) is 6.50. The molecule has 1 aromatic rings. The van der Waals surface area contributed by atoms with E-state index in [0.717, 1.165) is 12.1 Å². The number of ether oxygens (including phenoxy) is 1. The fourth-order valence-electron chi connectivity index (χ4n) is 1.05. The van der Waals surface area contributed by atoms with Gasteiger partial charge in [0.25, 0.3) is 0 Å². The second-order valence-electron chi connectivity index (χ2n) is 2.85. The maximum absolute atomic E-state index is 13.0. The van der Waals surface area contributed by atoms with Crippen molar-refractivity contribution < 1.29 is 17.9 Å². The van der Waals surface area contributed by atoms with Crippen molar-refractivity contribution in [2.24, 2.45) is 5.73 Å². The van der Waals surface area contributed by atoms with E-state index in [1.807, 2.05) is 0 Å². The third kappa shape index (κ3) is 2.63. The van der Waals surface area contributed by atoms with Gasteiger partial charge < -0.3 is 10.5 Å². The highest BCUT2D eigenvalue weighted by Crippen LogP contribution is 2.22.